The molecule has 1 unspecified atom stereocenters. The maximum atomic E-state index is 13.0. The number of rotatable bonds is 4. The topological polar surface area (TPSA) is 29.9 Å². The normalized spacial score (nSPS) is 12.4. The Bertz CT molecular complexity index is 539. The van der Waals surface area contributed by atoms with E-state index in [-0.39, 0.29) is 11.9 Å². The van der Waals surface area contributed by atoms with Crippen LogP contribution in [0, 0.1) is 9.39 Å². The van der Waals surface area contributed by atoms with Gasteiger partial charge in [0.15, 0.2) is 0 Å². The molecule has 1 N–H and O–H groups in total. The average molecular weight is 359 g/mol. The summed E-state index contributed by atoms with van der Waals surface area (Å²) in [7, 11) is 0. The monoisotopic (exact) mass is 359 g/mol. The second-order valence-electron chi connectivity index (χ2n) is 4.12. The minimum atomic E-state index is -0.212. The Balaban J connectivity index is 2.13. The Morgan fingerprint density at radius 1 is 1.50 bits per heavy atom. The number of aromatic nitrogens is 2. The van der Waals surface area contributed by atoms with E-state index < -0.39 is 0 Å². The summed E-state index contributed by atoms with van der Waals surface area (Å²) < 4.78 is 15.8. The Morgan fingerprint density at radius 2 is 2.28 bits per heavy atom. The lowest BCUT2D eigenvalue weighted by Crippen LogP contribution is -2.07. The fraction of sp³-hybridized carbons (Fsp3) is 0.308. The van der Waals surface area contributed by atoms with Crippen LogP contribution in [0.5, 0.6) is 0 Å². The molecular formula is C13H15FIN3. The van der Waals surface area contributed by atoms with Crippen molar-refractivity contribution >= 4 is 28.3 Å². The highest BCUT2D eigenvalue weighted by Gasteiger charge is 2.09. The number of benzene rings is 1. The molecule has 0 aliphatic carbocycles. The van der Waals surface area contributed by atoms with E-state index in [1.54, 1.807) is 6.07 Å². The molecule has 0 spiro atoms. The van der Waals surface area contributed by atoms with Gasteiger partial charge in [0.05, 0.1) is 12.2 Å². The third-order valence-corrected chi connectivity index (χ3v) is 3.67. The van der Waals surface area contributed by atoms with Gasteiger partial charge in [-0.2, -0.15) is 5.10 Å². The van der Waals surface area contributed by atoms with E-state index in [9.17, 15) is 4.39 Å². The summed E-state index contributed by atoms with van der Waals surface area (Å²) in [6, 6.07) is 4.89. The third-order valence-electron chi connectivity index (χ3n) is 2.78. The van der Waals surface area contributed by atoms with Crippen molar-refractivity contribution in [2.24, 2.45) is 0 Å². The molecule has 2 rings (SSSR count). The van der Waals surface area contributed by atoms with Crippen molar-refractivity contribution < 1.29 is 4.39 Å². The molecule has 1 aromatic carbocycles. The molecule has 0 bridgehead atoms. The molecule has 1 heterocycles. The lowest BCUT2D eigenvalue weighted by atomic mass is 10.2. The first-order valence-electron chi connectivity index (χ1n) is 5.84. The lowest BCUT2D eigenvalue weighted by Gasteiger charge is -2.15. The van der Waals surface area contributed by atoms with Gasteiger partial charge in [-0.15, -0.1) is 0 Å². The van der Waals surface area contributed by atoms with Crippen molar-refractivity contribution in [3.8, 4) is 0 Å². The van der Waals surface area contributed by atoms with Crippen LogP contribution in [0.1, 0.15) is 25.5 Å². The summed E-state index contributed by atoms with van der Waals surface area (Å²) in [5.41, 5.74) is 2.06. The minimum absolute atomic E-state index is 0.143. The van der Waals surface area contributed by atoms with Gasteiger partial charge >= 0.3 is 0 Å². The van der Waals surface area contributed by atoms with Gasteiger partial charge in [0.1, 0.15) is 5.82 Å². The molecule has 0 saturated carbocycles. The number of aryl methyl sites for hydroxylation is 1. The average Bonchev–Trinajstić information content (AvgIpc) is 2.81. The van der Waals surface area contributed by atoms with E-state index >= 15 is 0 Å². The molecule has 1 atom stereocenters. The van der Waals surface area contributed by atoms with Crippen LogP contribution < -0.4 is 5.32 Å². The summed E-state index contributed by atoms with van der Waals surface area (Å²) in [4.78, 5) is 0. The van der Waals surface area contributed by atoms with Gasteiger partial charge in [-0.1, -0.05) is 0 Å². The Morgan fingerprint density at radius 3 is 2.89 bits per heavy atom. The number of nitrogens with zero attached hydrogens (tertiary/aromatic N) is 2. The van der Waals surface area contributed by atoms with Gasteiger partial charge in [-0.3, -0.25) is 4.68 Å². The molecule has 18 heavy (non-hydrogen) atoms. The van der Waals surface area contributed by atoms with E-state index in [1.165, 1.54) is 12.1 Å². The molecule has 1 aromatic heterocycles. The van der Waals surface area contributed by atoms with Crippen LogP contribution >= 0.6 is 22.6 Å². The van der Waals surface area contributed by atoms with Crippen molar-refractivity contribution in [3.05, 3.63) is 45.5 Å². The molecule has 0 aliphatic heterocycles. The molecule has 5 heteroatoms. The summed E-state index contributed by atoms with van der Waals surface area (Å²) in [6.07, 6.45) is 3.88. The summed E-state index contributed by atoms with van der Waals surface area (Å²) in [5, 5.41) is 7.61. The van der Waals surface area contributed by atoms with E-state index in [1.807, 2.05) is 17.1 Å². The van der Waals surface area contributed by atoms with Gasteiger partial charge in [0, 0.05) is 27.6 Å². The van der Waals surface area contributed by atoms with Gasteiger partial charge in [0.2, 0.25) is 0 Å². The van der Waals surface area contributed by atoms with E-state index in [0.29, 0.717) is 0 Å². The van der Waals surface area contributed by atoms with Crippen LogP contribution in [-0.2, 0) is 6.54 Å². The molecular weight excluding hydrogens is 344 g/mol. The first-order chi connectivity index (χ1) is 8.60. The van der Waals surface area contributed by atoms with Crippen molar-refractivity contribution in [1.82, 2.24) is 9.78 Å². The summed E-state index contributed by atoms with van der Waals surface area (Å²) in [6.45, 7) is 4.98. The molecule has 96 valence electrons. The number of halogens is 2. The highest BCUT2D eigenvalue weighted by atomic mass is 127. The maximum Gasteiger partial charge on any atom is 0.124 e. The smallest absolute Gasteiger partial charge is 0.124 e. The molecule has 2 aromatic rings. The number of anilines is 1. The Labute approximate surface area is 120 Å². The fourth-order valence-corrected chi connectivity index (χ4v) is 2.33. The highest BCUT2D eigenvalue weighted by Crippen LogP contribution is 2.24. The number of hydrogen-bond donors (Lipinski definition) is 1. The molecule has 0 fully saturated rings. The Kier molecular flexibility index (Phi) is 4.21. The van der Waals surface area contributed by atoms with Crippen molar-refractivity contribution in [1.29, 1.82) is 0 Å². The minimum Gasteiger partial charge on any atom is -0.378 e. The van der Waals surface area contributed by atoms with Crippen LogP contribution in [0.3, 0.4) is 0 Å². The van der Waals surface area contributed by atoms with E-state index in [4.69, 9.17) is 0 Å². The molecule has 3 nitrogen and oxygen atoms in total. The lowest BCUT2D eigenvalue weighted by molar-refractivity contribution is 0.627. The standard InChI is InChI=1S/C13H15FIN3/c1-3-18-8-10(7-16-18)9(2)17-13-5-4-11(14)6-12(13)15/h4-9,17H,3H2,1-2H3. The van der Waals surface area contributed by atoms with Crippen LogP contribution in [-0.4, -0.2) is 9.78 Å². The largest absolute Gasteiger partial charge is 0.378 e. The SMILES string of the molecule is CCn1cc(C(C)Nc2ccc(F)cc2I)cn1. The van der Waals surface area contributed by atoms with E-state index in [0.717, 1.165) is 21.4 Å². The van der Waals surface area contributed by atoms with Crippen LogP contribution in [0.25, 0.3) is 0 Å². The summed E-state index contributed by atoms with van der Waals surface area (Å²) in [5.74, 6) is -0.212. The van der Waals surface area contributed by atoms with Crippen LogP contribution in [0.4, 0.5) is 10.1 Å². The number of hydrogen-bond acceptors (Lipinski definition) is 2. The molecule has 0 aliphatic rings. The van der Waals surface area contributed by atoms with Crippen LogP contribution in [0.2, 0.25) is 0 Å². The number of nitrogens with one attached hydrogen (secondary N) is 1. The second kappa shape index (κ2) is 5.69. The first kappa shape index (κ1) is 13.3. The van der Waals surface area contributed by atoms with Gasteiger partial charge in [-0.25, -0.2) is 4.39 Å². The van der Waals surface area contributed by atoms with Gasteiger partial charge in [0.25, 0.3) is 0 Å². The fourth-order valence-electron chi connectivity index (χ4n) is 1.70. The second-order valence-corrected chi connectivity index (χ2v) is 5.28. The van der Waals surface area contributed by atoms with E-state index in [2.05, 4.69) is 46.9 Å². The maximum absolute atomic E-state index is 13.0. The predicted octanol–water partition coefficient (Wildman–Crippen LogP) is 3.82. The molecule has 0 saturated heterocycles. The van der Waals surface area contributed by atoms with Crippen molar-refractivity contribution in [2.45, 2.75) is 26.4 Å². The molecule has 0 amide bonds. The highest BCUT2D eigenvalue weighted by molar-refractivity contribution is 14.1. The zero-order valence-corrected chi connectivity index (χ0v) is 12.5. The Hall–Kier alpha value is -1.11. The van der Waals surface area contributed by atoms with Gasteiger partial charge < -0.3 is 5.32 Å². The van der Waals surface area contributed by atoms with Crippen molar-refractivity contribution in [3.63, 3.8) is 0 Å². The van der Waals surface area contributed by atoms with Crippen LogP contribution in [0.15, 0.2) is 30.6 Å². The summed E-state index contributed by atoms with van der Waals surface area (Å²) >= 11 is 2.13. The third kappa shape index (κ3) is 3.01. The first-order valence-corrected chi connectivity index (χ1v) is 6.92. The van der Waals surface area contributed by atoms with Gasteiger partial charge in [-0.05, 0) is 54.6 Å². The van der Waals surface area contributed by atoms with Crippen molar-refractivity contribution in [2.75, 3.05) is 5.32 Å². The predicted molar refractivity (Wildman–Crippen MR) is 79.1 cm³/mol. The molecule has 0 radical (unpaired) electrons. The zero-order chi connectivity index (χ0) is 13.1. The quantitative estimate of drug-likeness (QED) is 0.842. The zero-order valence-electron chi connectivity index (χ0n) is 10.3.